The van der Waals surface area contributed by atoms with E-state index in [9.17, 15) is 0 Å². The summed E-state index contributed by atoms with van der Waals surface area (Å²) in [5.41, 5.74) is 0.787. The topological polar surface area (TPSA) is 47.0 Å². The lowest BCUT2D eigenvalue weighted by Gasteiger charge is -2.22. The zero-order valence-electron chi connectivity index (χ0n) is 11.8. The van der Waals surface area contributed by atoms with Crippen LogP contribution in [0, 0.1) is 5.92 Å². The number of ether oxygens (including phenoxy) is 1. The van der Waals surface area contributed by atoms with Gasteiger partial charge in [-0.3, -0.25) is 0 Å². The Morgan fingerprint density at radius 1 is 1.44 bits per heavy atom. The summed E-state index contributed by atoms with van der Waals surface area (Å²) >= 11 is 0. The molecule has 0 aliphatic carbocycles. The van der Waals surface area contributed by atoms with Crippen molar-refractivity contribution in [1.29, 1.82) is 0 Å². The van der Waals surface area contributed by atoms with Crippen LogP contribution in [0.15, 0.2) is 6.07 Å². The van der Waals surface area contributed by atoms with E-state index in [1.54, 1.807) is 0 Å². The molecule has 0 aromatic carbocycles. The molecule has 0 amide bonds. The Morgan fingerprint density at radius 2 is 2.22 bits per heavy atom. The van der Waals surface area contributed by atoms with Gasteiger partial charge in [-0.15, -0.1) is 0 Å². The second kappa shape index (κ2) is 5.22. The third-order valence-electron chi connectivity index (χ3n) is 3.34. The van der Waals surface area contributed by atoms with Crippen molar-refractivity contribution in [1.82, 2.24) is 9.97 Å². The highest BCUT2D eigenvalue weighted by Gasteiger charge is 2.35. The van der Waals surface area contributed by atoms with Gasteiger partial charge >= 0.3 is 0 Å². The van der Waals surface area contributed by atoms with Crippen LogP contribution in [0.4, 0.5) is 5.82 Å². The van der Waals surface area contributed by atoms with Crippen LogP contribution in [0.1, 0.15) is 45.1 Å². The molecule has 0 radical (unpaired) electrons. The average molecular weight is 249 g/mol. The zero-order chi connectivity index (χ0) is 13.2. The van der Waals surface area contributed by atoms with Gasteiger partial charge in [0.05, 0.1) is 0 Å². The van der Waals surface area contributed by atoms with Gasteiger partial charge in [0.2, 0.25) is 0 Å². The van der Waals surface area contributed by atoms with Gasteiger partial charge in [0, 0.05) is 25.4 Å². The molecule has 18 heavy (non-hydrogen) atoms. The predicted octanol–water partition coefficient (Wildman–Crippen LogP) is 2.74. The molecule has 1 N–H and O–H groups in total. The lowest BCUT2D eigenvalue weighted by atomic mass is 10.0. The SMILES string of the molecule is CNc1cc(CC(C)C)nc(C2(C)CCCO2)n1. The first-order valence-electron chi connectivity index (χ1n) is 6.73. The standard InChI is InChI=1S/C14H23N3O/c1-10(2)8-11-9-12(15-4)17-13(16-11)14(3)6-5-7-18-14/h9-10H,5-8H2,1-4H3,(H,15,16,17). The monoisotopic (exact) mass is 249 g/mol. The third-order valence-corrected chi connectivity index (χ3v) is 3.34. The maximum Gasteiger partial charge on any atom is 0.162 e. The second-order valence-corrected chi connectivity index (χ2v) is 5.60. The first-order valence-corrected chi connectivity index (χ1v) is 6.73. The first kappa shape index (κ1) is 13.3. The van der Waals surface area contributed by atoms with Gasteiger partial charge in [0.1, 0.15) is 11.4 Å². The normalized spacial score (nSPS) is 23.6. The maximum atomic E-state index is 5.83. The molecule has 1 unspecified atom stereocenters. The molecule has 1 atom stereocenters. The van der Waals surface area contributed by atoms with Crippen molar-refractivity contribution in [2.75, 3.05) is 19.0 Å². The molecule has 2 heterocycles. The quantitative estimate of drug-likeness (QED) is 0.891. The average Bonchev–Trinajstić information content (AvgIpc) is 2.76. The molecule has 4 nitrogen and oxygen atoms in total. The molecule has 1 aromatic rings. The molecular weight excluding hydrogens is 226 g/mol. The Kier molecular flexibility index (Phi) is 3.85. The van der Waals surface area contributed by atoms with Gasteiger partial charge in [-0.05, 0) is 32.1 Å². The maximum absolute atomic E-state index is 5.83. The Bertz CT molecular complexity index is 412. The third kappa shape index (κ3) is 2.80. The molecule has 100 valence electrons. The molecule has 2 rings (SSSR count). The summed E-state index contributed by atoms with van der Waals surface area (Å²) in [6.45, 7) is 7.31. The van der Waals surface area contributed by atoms with Crippen LogP contribution in [0.2, 0.25) is 0 Å². The summed E-state index contributed by atoms with van der Waals surface area (Å²) in [5.74, 6) is 2.30. The molecule has 1 aromatic heterocycles. The number of nitrogens with one attached hydrogen (secondary N) is 1. The van der Waals surface area contributed by atoms with Crippen LogP contribution in [-0.2, 0) is 16.8 Å². The van der Waals surface area contributed by atoms with Gasteiger partial charge in [-0.25, -0.2) is 9.97 Å². The molecule has 1 saturated heterocycles. The van der Waals surface area contributed by atoms with Gasteiger partial charge in [-0.1, -0.05) is 13.8 Å². The summed E-state index contributed by atoms with van der Waals surface area (Å²) in [6, 6.07) is 2.03. The molecular formula is C14H23N3O. The van der Waals surface area contributed by atoms with E-state index < -0.39 is 0 Å². The number of anilines is 1. The number of hydrogen-bond acceptors (Lipinski definition) is 4. The number of rotatable bonds is 4. The predicted molar refractivity (Wildman–Crippen MR) is 72.7 cm³/mol. The highest BCUT2D eigenvalue weighted by Crippen LogP contribution is 2.34. The Morgan fingerprint density at radius 3 is 2.78 bits per heavy atom. The van der Waals surface area contributed by atoms with E-state index in [-0.39, 0.29) is 5.60 Å². The fraction of sp³-hybridized carbons (Fsp3) is 0.714. The smallest absolute Gasteiger partial charge is 0.162 e. The molecule has 4 heteroatoms. The lowest BCUT2D eigenvalue weighted by Crippen LogP contribution is -2.24. The van der Waals surface area contributed by atoms with Crippen LogP contribution in [0.3, 0.4) is 0 Å². The number of hydrogen-bond donors (Lipinski definition) is 1. The number of nitrogens with zero attached hydrogens (tertiary/aromatic N) is 2. The van der Waals surface area contributed by atoms with Gasteiger partial charge in [0.25, 0.3) is 0 Å². The molecule has 1 aliphatic heterocycles. The van der Waals surface area contributed by atoms with E-state index >= 15 is 0 Å². The Labute approximate surface area is 109 Å². The van der Waals surface area contributed by atoms with Gasteiger partial charge < -0.3 is 10.1 Å². The fourth-order valence-electron chi connectivity index (χ4n) is 2.34. The van der Waals surface area contributed by atoms with E-state index in [0.29, 0.717) is 5.92 Å². The minimum atomic E-state index is -0.307. The van der Waals surface area contributed by atoms with Crippen molar-refractivity contribution in [3.63, 3.8) is 0 Å². The van der Waals surface area contributed by atoms with Crippen molar-refractivity contribution in [2.45, 2.75) is 45.6 Å². The van der Waals surface area contributed by atoms with E-state index in [1.165, 1.54) is 0 Å². The molecule has 0 spiro atoms. The second-order valence-electron chi connectivity index (χ2n) is 5.60. The molecule has 1 aliphatic rings. The van der Waals surface area contributed by atoms with Crippen molar-refractivity contribution in [2.24, 2.45) is 5.92 Å². The van der Waals surface area contributed by atoms with E-state index in [0.717, 1.165) is 43.2 Å². The molecule has 0 saturated carbocycles. The summed E-state index contributed by atoms with van der Waals surface area (Å²) in [6.07, 6.45) is 3.06. The van der Waals surface area contributed by atoms with Crippen LogP contribution in [0.25, 0.3) is 0 Å². The lowest BCUT2D eigenvalue weighted by molar-refractivity contribution is 0.00924. The van der Waals surface area contributed by atoms with Gasteiger partial charge in [0.15, 0.2) is 5.82 Å². The summed E-state index contributed by atoms with van der Waals surface area (Å²) in [4.78, 5) is 9.26. The number of aromatic nitrogens is 2. The van der Waals surface area contributed by atoms with Crippen molar-refractivity contribution in [3.05, 3.63) is 17.6 Å². The van der Waals surface area contributed by atoms with Crippen LogP contribution in [-0.4, -0.2) is 23.6 Å². The Balaban J connectivity index is 2.34. The minimum Gasteiger partial charge on any atom is -0.373 e. The van der Waals surface area contributed by atoms with Crippen molar-refractivity contribution < 1.29 is 4.74 Å². The van der Waals surface area contributed by atoms with E-state index in [2.05, 4.69) is 31.1 Å². The fourth-order valence-corrected chi connectivity index (χ4v) is 2.34. The zero-order valence-corrected chi connectivity index (χ0v) is 11.8. The van der Waals surface area contributed by atoms with E-state index in [4.69, 9.17) is 9.72 Å². The highest BCUT2D eigenvalue weighted by molar-refractivity contribution is 5.36. The van der Waals surface area contributed by atoms with Crippen molar-refractivity contribution >= 4 is 5.82 Å². The van der Waals surface area contributed by atoms with Crippen LogP contribution >= 0.6 is 0 Å². The largest absolute Gasteiger partial charge is 0.373 e. The summed E-state index contributed by atoms with van der Waals surface area (Å²) in [7, 11) is 1.89. The van der Waals surface area contributed by atoms with Crippen LogP contribution in [0.5, 0.6) is 0 Å². The van der Waals surface area contributed by atoms with Crippen LogP contribution < -0.4 is 5.32 Å². The summed E-state index contributed by atoms with van der Waals surface area (Å²) < 4.78 is 5.83. The minimum absolute atomic E-state index is 0.307. The molecule has 1 fully saturated rings. The van der Waals surface area contributed by atoms with Gasteiger partial charge in [-0.2, -0.15) is 0 Å². The molecule has 0 bridgehead atoms. The van der Waals surface area contributed by atoms with Crippen molar-refractivity contribution in [3.8, 4) is 0 Å². The summed E-state index contributed by atoms with van der Waals surface area (Å²) in [5, 5.41) is 3.12. The van der Waals surface area contributed by atoms with E-state index in [1.807, 2.05) is 13.1 Å². The highest BCUT2D eigenvalue weighted by atomic mass is 16.5. The first-order chi connectivity index (χ1) is 8.53. The Hall–Kier alpha value is -1.16.